The normalized spacial score (nSPS) is 18.9. The molecule has 2 saturated heterocycles. The highest BCUT2D eigenvalue weighted by atomic mass is 35.5. The van der Waals surface area contributed by atoms with Gasteiger partial charge in [-0.1, -0.05) is 29.8 Å². The van der Waals surface area contributed by atoms with Crippen LogP contribution in [0, 0.1) is 0 Å². The molecule has 0 spiro atoms. The number of carbonyl (C=O) groups excluding carboxylic acids is 1. The van der Waals surface area contributed by atoms with Crippen molar-refractivity contribution in [2.24, 2.45) is 0 Å². The van der Waals surface area contributed by atoms with Crippen molar-refractivity contribution in [3.05, 3.63) is 94.1 Å². The number of amides is 1. The van der Waals surface area contributed by atoms with Crippen molar-refractivity contribution in [3.8, 4) is 11.3 Å². The topological polar surface area (TPSA) is 98.7 Å². The maximum atomic E-state index is 14.6. The average Bonchev–Trinajstić information content (AvgIpc) is 3.67. The summed E-state index contributed by atoms with van der Waals surface area (Å²) < 4.78 is 95.8. The first kappa shape index (κ1) is 35.1. The number of anilines is 1. The van der Waals surface area contributed by atoms with Gasteiger partial charge >= 0.3 is 6.18 Å². The Morgan fingerprint density at radius 2 is 1.76 bits per heavy atom. The molecule has 2 fully saturated rings. The third-order valence-corrected chi connectivity index (χ3v) is 11.9. The van der Waals surface area contributed by atoms with Crippen molar-refractivity contribution in [1.82, 2.24) is 24.5 Å². The van der Waals surface area contributed by atoms with E-state index in [0.29, 0.717) is 71.0 Å². The molecule has 260 valence electrons. The molecule has 5 heterocycles. The van der Waals surface area contributed by atoms with E-state index in [-0.39, 0.29) is 15.1 Å². The number of nitrogens with one attached hydrogen (secondary N) is 1. The fraction of sp³-hybridized carbons (Fsp3) is 0.344. The molecule has 0 saturated carbocycles. The summed E-state index contributed by atoms with van der Waals surface area (Å²) in [4.78, 5) is 26.5. The summed E-state index contributed by atoms with van der Waals surface area (Å²) in [6, 6.07) is 12.6. The quantitative estimate of drug-likeness (QED) is 0.213. The molecule has 1 atom stereocenters. The molecule has 49 heavy (non-hydrogen) atoms. The number of hydrogen-bond donors (Lipinski definition) is 1. The van der Waals surface area contributed by atoms with E-state index in [4.69, 9.17) is 16.6 Å². The third kappa shape index (κ3) is 8.20. The van der Waals surface area contributed by atoms with Crippen LogP contribution in [0.4, 0.5) is 27.8 Å². The summed E-state index contributed by atoms with van der Waals surface area (Å²) in [6.45, 7) is 1.95. The van der Waals surface area contributed by atoms with E-state index in [9.17, 15) is 35.2 Å². The first-order valence-corrected chi connectivity index (χ1v) is 17.8. The number of sulfonamides is 1. The highest BCUT2D eigenvalue weighted by Crippen LogP contribution is 2.38. The van der Waals surface area contributed by atoms with Crippen molar-refractivity contribution in [2.45, 2.75) is 41.9 Å². The molecule has 0 radical (unpaired) electrons. The predicted octanol–water partition coefficient (Wildman–Crippen LogP) is 5.91. The number of alkyl halides is 5. The fourth-order valence-electron chi connectivity index (χ4n) is 5.82. The zero-order valence-electron chi connectivity index (χ0n) is 25.7. The second kappa shape index (κ2) is 13.9. The molecule has 2 aliphatic rings. The summed E-state index contributed by atoms with van der Waals surface area (Å²) >= 11 is 6.59. The molecule has 0 bridgehead atoms. The highest BCUT2D eigenvalue weighted by Gasteiger charge is 2.53. The van der Waals surface area contributed by atoms with E-state index in [1.54, 1.807) is 24.5 Å². The van der Waals surface area contributed by atoms with Crippen LogP contribution in [0.2, 0.25) is 4.34 Å². The van der Waals surface area contributed by atoms with Crippen molar-refractivity contribution in [3.63, 3.8) is 0 Å². The second-order valence-electron chi connectivity index (χ2n) is 11.8. The molecule has 4 aromatic rings. The van der Waals surface area contributed by atoms with Gasteiger partial charge in [-0.15, -0.1) is 11.3 Å². The Labute approximate surface area is 288 Å². The van der Waals surface area contributed by atoms with Gasteiger partial charge in [-0.3, -0.25) is 14.7 Å². The molecule has 3 aromatic heterocycles. The zero-order valence-corrected chi connectivity index (χ0v) is 28.1. The smallest absolute Gasteiger partial charge is 0.354 e. The number of piperazine rings is 1. The fourth-order valence-corrected chi connectivity index (χ4v) is 9.05. The van der Waals surface area contributed by atoms with Crippen LogP contribution in [0.25, 0.3) is 11.3 Å². The Kier molecular flexibility index (Phi) is 9.97. The Morgan fingerprint density at radius 3 is 2.39 bits per heavy atom. The van der Waals surface area contributed by atoms with E-state index in [2.05, 4.69) is 15.2 Å². The molecule has 1 amide bonds. The second-order valence-corrected chi connectivity index (χ2v) is 15.7. The number of halogens is 6. The minimum atomic E-state index is -4.52. The van der Waals surface area contributed by atoms with Crippen LogP contribution in [-0.2, 0) is 34.1 Å². The van der Waals surface area contributed by atoms with E-state index in [1.165, 1.54) is 24.3 Å². The first-order chi connectivity index (χ1) is 23.2. The van der Waals surface area contributed by atoms with E-state index < -0.39 is 52.6 Å². The van der Waals surface area contributed by atoms with Gasteiger partial charge in [0.2, 0.25) is 5.91 Å². The minimum absolute atomic E-state index is 0.151. The largest absolute Gasteiger partial charge is 0.416 e. The molecule has 1 N–H and O–H groups in total. The van der Waals surface area contributed by atoms with Gasteiger partial charge in [0.1, 0.15) is 16.1 Å². The Hall–Kier alpha value is -3.70. The van der Waals surface area contributed by atoms with Gasteiger partial charge in [0, 0.05) is 63.6 Å². The van der Waals surface area contributed by atoms with E-state index in [1.807, 2.05) is 17.0 Å². The van der Waals surface area contributed by atoms with Gasteiger partial charge in [-0.05, 0) is 53.6 Å². The van der Waals surface area contributed by atoms with Crippen molar-refractivity contribution in [2.75, 3.05) is 37.6 Å². The number of thiophene rings is 1. The molecule has 17 heteroatoms. The average molecular weight is 741 g/mol. The number of benzene rings is 1. The maximum absolute atomic E-state index is 14.6. The van der Waals surface area contributed by atoms with Crippen LogP contribution in [0.1, 0.15) is 23.1 Å². The number of aromatic nitrogens is 2. The Balaban J connectivity index is 1.23. The van der Waals surface area contributed by atoms with Gasteiger partial charge in [-0.2, -0.15) is 17.5 Å². The molecule has 6 rings (SSSR count). The first-order valence-electron chi connectivity index (χ1n) is 15.2. The third-order valence-electron chi connectivity index (χ3n) is 8.31. The highest BCUT2D eigenvalue weighted by molar-refractivity contribution is 7.91. The molecule has 9 nitrogen and oxygen atoms in total. The van der Waals surface area contributed by atoms with Gasteiger partial charge in [0.15, 0.2) is 0 Å². The molecule has 0 aliphatic carbocycles. The Morgan fingerprint density at radius 1 is 1.02 bits per heavy atom. The standard InChI is InChI=1S/C32H30ClF5N6O3S2/c33-27-7-8-29(48-27)49(46,47)44-20-31(34,35)16-26(44)30(45)40-18-22-14-25(23-3-5-24(6-4-23)32(36,37)38)41-28(15-22)43-12-10-42(11-13-43)19-21-2-1-9-39-17-21/h1-9,14-15,17,26H,10-13,16,18-20H2,(H,40,45)/t26-/m0/s1. The maximum Gasteiger partial charge on any atom is 0.416 e. The van der Waals surface area contributed by atoms with E-state index in [0.717, 1.165) is 17.7 Å². The molecular weight excluding hydrogens is 711 g/mol. The monoisotopic (exact) mass is 740 g/mol. The summed E-state index contributed by atoms with van der Waals surface area (Å²) in [6.07, 6.45) is -2.01. The van der Waals surface area contributed by atoms with E-state index >= 15 is 0 Å². The molecular formula is C32H30ClF5N6O3S2. The SMILES string of the molecule is O=C(NCc1cc(-c2ccc(C(F)(F)F)cc2)nc(N2CCN(Cc3cccnc3)CC2)c1)[C@@H]1CC(F)(F)CN1S(=O)(=O)c1ccc(Cl)s1. The predicted molar refractivity (Wildman–Crippen MR) is 175 cm³/mol. The minimum Gasteiger partial charge on any atom is -0.354 e. The number of rotatable bonds is 9. The van der Waals surface area contributed by atoms with Gasteiger partial charge < -0.3 is 10.2 Å². The number of nitrogens with zero attached hydrogens (tertiary/aromatic N) is 5. The van der Waals surface area contributed by atoms with Crippen LogP contribution in [0.3, 0.4) is 0 Å². The van der Waals surface area contributed by atoms with Crippen molar-refractivity contribution < 1.29 is 35.2 Å². The molecule has 0 unspecified atom stereocenters. The van der Waals surface area contributed by atoms with Crippen LogP contribution < -0.4 is 10.2 Å². The Bertz CT molecular complexity index is 1900. The summed E-state index contributed by atoms with van der Waals surface area (Å²) in [7, 11) is -4.45. The van der Waals surface area contributed by atoms with Crippen molar-refractivity contribution in [1.29, 1.82) is 0 Å². The van der Waals surface area contributed by atoms with Gasteiger partial charge in [0.05, 0.1) is 22.1 Å². The molecule has 1 aromatic carbocycles. The summed E-state index contributed by atoms with van der Waals surface area (Å²) in [5.74, 6) is -3.83. The summed E-state index contributed by atoms with van der Waals surface area (Å²) in [5.41, 5.74) is 1.50. The van der Waals surface area contributed by atoms with Gasteiger partial charge in [-0.25, -0.2) is 22.2 Å². The van der Waals surface area contributed by atoms with Crippen LogP contribution in [0.15, 0.2) is 77.3 Å². The lowest BCUT2D eigenvalue weighted by Crippen LogP contribution is -2.46. The van der Waals surface area contributed by atoms with Crippen LogP contribution in [-0.4, -0.2) is 78.2 Å². The van der Waals surface area contributed by atoms with Crippen LogP contribution in [0.5, 0.6) is 0 Å². The van der Waals surface area contributed by atoms with Crippen LogP contribution >= 0.6 is 22.9 Å². The number of carbonyl (C=O) groups is 1. The van der Waals surface area contributed by atoms with Crippen molar-refractivity contribution >= 4 is 44.7 Å². The lowest BCUT2D eigenvalue weighted by atomic mass is 10.1. The number of hydrogen-bond acceptors (Lipinski definition) is 8. The lowest BCUT2D eigenvalue weighted by molar-refractivity contribution is -0.137. The molecule has 2 aliphatic heterocycles. The number of pyridine rings is 2. The summed E-state index contributed by atoms with van der Waals surface area (Å²) in [5, 5.41) is 2.60. The van der Waals surface area contributed by atoms with Gasteiger partial charge in [0.25, 0.3) is 15.9 Å². The lowest BCUT2D eigenvalue weighted by Gasteiger charge is -2.35. The zero-order chi connectivity index (χ0) is 35.0.